The van der Waals surface area contributed by atoms with E-state index >= 15 is 0 Å². The molecule has 0 radical (unpaired) electrons. The molecule has 0 unspecified atom stereocenters. The van der Waals surface area contributed by atoms with Crippen molar-refractivity contribution in [1.29, 1.82) is 0 Å². The van der Waals surface area contributed by atoms with Gasteiger partial charge >= 0.3 is 5.97 Å². The van der Waals surface area contributed by atoms with Gasteiger partial charge in [-0.1, -0.05) is 30.3 Å². The minimum Gasteiger partial charge on any atom is -0.493 e. The first-order valence-corrected chi connectivity index (χ1v) is 6.99. The number of hydrogen-bond donors (Lipinski definition) is 0. The number of ether oxygens (including phenoxy) is 3. The molecule has 0 fully saturated rings. The van der Waals surface area contributed by atoms with Crippen LogP contribution in [-0.2, 0) is 22.7 Å². The highest BCUT2D eigenvalue weighted by molar-refractivity contribution is 5.88. The number of fused-ring (bicyclic) bond motifs is 1. The van der Waals surface area contributed by atoms with Crippen LogP contribution in [0.2, 0.25) is 0 Å². The fraction of sp³-hybridized carbons (Fsp3) is 0.167. The number of hydrogen-bond acceptors (Lipinski definition) is 4. The van der Waals surface area contributed by atoms with Gasteiger partial charge in [-0.3, -0.25) is 0 Å². The molecule has 22 heavy (non-hydrogen) atoms. The minimum absolute atomic E-state index is 0.233. The van der Waals surface area contributed by atoms with Crippen molar-refractivity contribution in [1.82, 2.24) is 0 Å². The molecule has 112 valence electrons. The molecule has 0 amide bonds. The van der Waals surface area contributed by atoms with E-state index in [1.54, 1.807) is 13.2 Å². The summed E-state index contributed by atoms with van der Waals surface area (Å²) >= 11 is 0. The number of carbonyl (C=O) groups excluding carboxylic acids is 1. The number of rotatable bonds is 4. The van der Waals surface area contributed by atoms with E-state index in [1.807, 2.05) is 42.5 Å². The van der Waals surface area contributed by atoms with E-state index in [0.29, 0.717) is 18.1 Å². The van der Waals surface area contributed by atoms with Gasteiger partial charge in [-0.25, -0.2) is 4.79 Å². The molecule has 0 spiro atoms. The van der Waals surface area contributed by atoms with Gasteiger partial charge in [0.2, 0.25) is 0 Å². The van der Waals surface area contributed by atoms with Crippen molar-refractivity contribution in [2.75, 3.05) is 7.11 Å². The maximum atomic E-state index is 11.3. The molecule has 2 aromatic carbocycles. The third-order valence-electron chi connectivity index (χ3n) is 3.43. The largest absolute Gasteiger partial charge is 0.493 e. The Kier molecular flexibility index (Phi) is 4.10. The Morgan fingerprint density at radius 2 is 1.91 bits per heavy atom. The Morgan fingerprint density at radius 1 is 1.09 bits per heavy atom. The first-order chi connectivity index (χ1) is 10.8. The van der Waals surface area contributed by atoms with Gasteiger partial charge in [0, 0.05) is 11.6 Å². The van der Waals surface area contributed by atoms with Gasteiger partial charge in [0.1, 0.15) is 13.2 Å². The average Bonchev–Trinajstić information content (AvgIpc) is 2.74. The summed E-state index contributed by atoms with van der Waals surface area (Å²) in [5, 5.41) is 0. The van der Waals surface area contributed by atoms with E-state index in [9.17, 15) is 4.79 Å². The SMILES string of the molecule is COc1cc2c(cc1OCc1ccccc1)C=CC(=O)OC2. The topological polar surface area (TPSA) is 44.8 Å². The van der Waals surface area contributed by atoms with E-state index in [0.717, 1.165) is 16.7 Å². The van der Waals surface area contributed by atoms with Crippen molar-refractivity contribution < 1.29 is 19.0 Å². The van der Waals surface area contributed by atoms with Crippen LogP contribution in [0, 0.1) is 0 Å². The van der Waals surface area contributed by atoms with Crippen LogP contribution in [0.4, 0.5) is 0 Å². The molecule has 1 aliphatic rings. The van der Waals surface area contributed by atoms with Crippen molar-refractivity contribution in [3.8, 4) is 11.5 Å². The van der Waals surface area contributed by atoms with Gasteiger partial charge in [0.15, 0.2) is 11.5 Å². The lowest BCUT2D eigenvalue weighted by Gasteiger charge is -2.14. The predicted molar refractivity (Wildman–Crippen MR) is 82.6 cm³/mol. The van der Waals surface area contributed by atoms with Gasteiger partial charge in [-0.2, -0.15) is 0 Å². The molecule has 1 aliphatic heterocycles. The lowest BCUT2D eigenvalue weighted by molar-refractivity contribution is -0.138. The molecular formula is C18H16O4. The molecule has 0 saturated heterocycles. The van der Waals surface area contributed by atoms with Crippen molar-refractivity contribution in [3.05, 3.63) is 65.2 Å². The fourth-order valence-electron chi connectivity index (χ4n) is 2.26. The molecule has 4 heteroatoms. The van der Waals surface area contributed by atoms with Crippen molar-refractivity contribution in [3.63, 3.8) is 0 Å². The number of carbonyl (C=O) groups is 1. The zero-order chi connectivity index (χ0) is 15.4. The van der Waals surface area contributed by atoms with Gasteiger partial charge in [0.05, 0.1) is 7.11 Å². The van der Waals surface area contributed by atoms with Crippen molar-refractivity contribution in [2.24, 2.45) is 0 Å². The molecule has 0 aromatic heterocycles. The van der Waals surface area contributed by atoms with Crippen LogP contribution in [0.1, 0.15) is 16.7 Å². The lowest BCUT2D eigenvalue weighted by Crippen LogP contribution is -2.01. The highest BCUT2D eigenvalue weighted by atomic mass is 16.5. The predicted octanol–water partition coefficient (Wildman–Crippen LogP) is 3.34. The summed E-state index contributed by atoms with van der Waals surface area (Å²) in [7, 11) is 1.59. The van der Waals surface area contributed by atoms with Crippen LogP contribution in [0.25, 0.3) is 6.08 Å². The summed E-state index contributed by atoms with van der Waals surface area (Å²) in [6.07, 6.45) is 3.15. The van der Waals surface area contributed by atoms with E-state index in [4.69, 9.17) is 14.2 Å². The van der Waals surface area contributed by atoms with Crippen LogP contribution in [0.3, 0.4) is 0 Å². The van der Waals surface area contributed by atoms with Gasteiger partial charge in [-0.05, 0) is 29.3 Å². The van der Waals surface area contributed by atoms with E-state index in [-0.39, 0.29) is 12.6 Å². The minimum atomic E-state index is -0.345. The molecule has 0 N–H and O–H groups in total. The normalized spacial score (nSPS) is 13.0. The number of methoxy groups -OCH3 is 1. The Labute approximate surface area is 128 Å². The Balaban J connectivity index is 1.86. The fourth-order valence-corrected chi connectivity index (χ4v) is 2.26. The molecule has 1 heterocycles. The Hall–Kier alpha value is -2.75. The summed E-state index contributed by atoms with van der Waals surface area (Å²) in [6.45, 7) is 0.686. The van der Waals surface area contributed by atoms with Crippen LogP contribution in [0.5, 0.6) is 11.5 Å². The third kappa shape index (κ3) is 3.11. The highest BCUT2D eigenvalue weighted by Gasteiger charge is 2.14. The van der Waals surface area contributed by atoms with Crippen molar-refractivity contribution in [2.45, 2.75) is 13.2 Å². The van der Waals surface area contributed by atoms with Crippen LogP contribution in [-0.4, -0.2) is 13.1 Å². The molecular weight excluding hydrogens is 280 g/mol. The zero-order valence-corrected chi connectivity index (χ0v) is 12.2. The zero-order valence-electron chi connectivity index (χ0n) is 12.2. The summed E-state index contributed by atoms with van der Waals surface area (Å²) in [5.74, 6) is 0.923. The van der Waals surface area contributed by atoms with Crippen LogP contribution >= 0.6 is 0 Å². The van der Waals surface area contributed by atoms with E-state index in [2.05, 4.69) is 0 Å². The first kappa shape index (κ1) is 14.2. The molecule has 0 atom stereocenters. The van der Waals surface area contributed by atoms with Gasteiger partial charge < -0.3 is 14.2 Å². The van der Waals surface area contributed by atoms with Gasteiger partial charge in [-0.15, -0.1) is 0 Å². The monoisotopic (exact) mass is 296 g/mol. The number of esters is 1. The quantitative estimate of drug-likeness (QED) is 0.812. The number of cyclic esters (lactones) is 1. The molecule has 2 aromatic rings. The second-order valence-electron chi connectivity index (χ2n) is 4.92. The molecule has 3 rings (SSSR count). The van der Waals surface area contributed by atoms with E-state index < -0.39 is 0 Å². The molecule has 4 nitrogen and oxygen atoms in total. The smallest absolute Gasteiger partial charge is 0.331 e. The van der Waals surface area contributed by atoms with Gasteiger partial charge in [0.25, 0.3) is 0 Å². The lowest BCUT2D eigenvalue weighted by atomic mass is 10.1. The highest BCUT2D eigenvalue weighted by Crippen LogP contribution is 2.33. The second kappa shape index (κ2) is 6.35. The maximum Gasteiger partial charge on any atom is 0.331 e. The number of benzene rings is 2. The summed E-state index contributed by atoms with van der Waals surface area (Å²) in [6, 6.07) is 13.6. The molecule has 0 bridgehead atoms. The van der Waals surface area contributed by atoms with E-state index in [1.165, 1.54) is 6.08 Å². The standard InChI is InChI=1S/C18H16O4/c1-20-16-10-15-12-22-18(19)8-7-14(15)9-17(16)21-11-13-5-3-2-4-6-13/h2-10H,11-12H2,1H3. The van der Waals surface area contributed by atoms with Crippen LogP contribution in [0.15, 0.2) is 48.5 Å². The summed E-state index contributed by atoms with van der Waals surface area (Å²) in [5.41, 5.74) is 2.87. The second-order valence-corrected chi connectivity index (χ2v) is 4.92. The van der Waals surface area contributed by atoms with Crippen LogP contribution < -0.4 is 9.47 Å². The summed E-state index contributed by atoms with van der Waals surface area (Å²) < 4.78 is 16.3. The van der Waals surface area contributed by atoms with Crippen molar-refractivity contribution >= 4 is 12.0 Å². The molecule has 0 aliphatic carbocycles. The molecule has 0 saturated carbocycles. The average molecular weight is 296 g/mol. The Morgan fingerprint density at radius 3 is 2.68 bits per heavy atom. The Bertz CT molecular complexity index is 705. The first-order valence-electron chi connectivity index (χ1n) is 6.99. The third-order valence-corrected chi connectivity index (χ3v) is 3.43. The maximum absolute atomic E-state index is 11.3. The summed E-state index contributed by atoms with van der Waals surface area (Å²) in [4.78, 5) is 11.3.